The molecular weight excluding hydrogens is 735 g/mol. The summed E-state index contributed by atoms with van der Waals surface area (Å²) < 4.78 is 43.7. The molecule has 14 heteroatoms. The number of likely N-dealkylation sites (tertiary alicyclic amines) is 1. The minimum Gasteiger partial charge on any atom is -0.497 e. The van der Waals surface area contributed by atoms with Crippen LogP contribution in [0.15, 0.2) is 67.3 Å². The van der Waals surface area contributed by atoms with Gasteiger partial charge in [0.25, 0.3) is 0 Å². The fourth-order valence-electron chi connectivity index (χ4n) is 7.82. The standard InChI is InChI=1S/C42H55N4O9P/c1-8-28-25-42(28,56(50,52-9-2)53-10-3)45-38(47)35-23-31(26-46(35)39(48)37(41(4,5)6)44-40(49)55-29-18-14-15-19-29)54-36-24-33(27-16-12-11-13-17-27)43-34-22-30(51-7)20-21-32(34)36/h8,11-13,16-17,20-22,24,28-29,31,35,37H,1,9-10,14-15,18-19,23,25-26H2,2-7H3,(H,44,49)(H,45,47)/t28-,31-,35+,37-,42+/m1/s1. The van der Waals surface area contributed by atoms with Gasteiger partial charge in [0.15, 0.2) is 0 Å². The highest BCUT2D eigenvalue weighted by Gasteiger charge is 2.68. The van der Waals surface area contributed by atoms with Gasteiger partial charge in [-0.15, -0.1) is 6.58 Å². The first-order chi connectivity index (χ1) is 26.7. The number of nitrogens with one attached hydrogen (secondary N) is 2. The number of aromatic nitrogens is 1. The van der Waals surface area contributed by atoms with Crippen LogP contribution >= 0.6 is 7.60 Å². The number of fused-ring (bicyclic) bond motifs is 1. The van der Waals surface area contributed by atoms with Crippen molar-refractivity contribution >= 4 is 36.4 Å². The summed E-state index contributed by atoms with van der Waals surface area (Å²) in [5.41, 5.74) is 1.44. The number of carbonyl (C=O) groups is 3. The fraction of sp³-hybridized carbons (Fsp3) is 0.524. The van der Waals surface area contributed by atoms with E-state index in [0.717, 1.165) is 36.6 Å². The van der Waals surface area contributed by atoms with Crippen LogP contribution in [0.4, 0.5) is 4.79 Å². The Morgan fingerprint density at radius 3 is 2.34 bits per heavy atom. The summed E-state index contributed by atoms with van der Waals surface area (Å²) in [6.45, 7) is 13.1. The van der Waals surface area contributed by atoms with Crippen molar-refractivity contribution in [2.75, 3.05) is 26.9 Å². The topological polar surface area (TPSA) is 155 Å². The molecule has 2 saturated carbocycles. The smallest absolute Gasteiger partial charge is 0.408 e. The van der Waals surface area contributed by atoms with E-state index >= 15 is 0 Å². The number of benzene rings is 2. The molecule has 5 atom stereocenters. The number of pyridine rings is 1. The number of alkyl carbamates (subject to hydrolysis) is 1. The van der Waals surface area contributed by atoms with Gasteiger partial charge >= 0.3 is 13.7 Å². The Labute approximate surface area is 329 Å². The monoisotopic (exact) mass is 790 g/mol. The number of methoxy groups -OCH3 is 1. The summed E-state index contributed by atoms with van der Waals surface area (Å²) >= 11 is 0. The molecule has 6 rings (SSSR count). The third-order valence-corrected chi connectivity index (χ3v) is 13.6. The van der Waals surface area contributed by atoms with Gasteiger partial charge in [0.1, 0.15) is 41.1 Å². The van der Waals surface area contributed by atoms with Gasteiger partial charge in [0.2, 0.25) is 11.8 Å². The molecular formula is C42H55N4O9P. The minimum atomic E-state index is -3.87. The predicted molar refractivity (Wildman–Crippen MR) is 213 cm³/mol. The number of nitrogens with zero attached hydrogens (tertiary/aromatic N) is 2. The van der Waals surface area contributed by atoms with E-state index in [-0.39, 0.29) is 38.2 Å². The van der Waals surface area contributed by atoms with E-state index in [2.05, 4.69) is 17.2 Å². The highest BCUT2D eigenvalue weighted by atomic mass is 31.2. The van der Waals surface area contributed by atoms with Gasteiger partial charge in [0.05, 0.1) is 38.1 Å². The van der Waals surface area contributed by atoms with Crippen LogP contribution in [0.25, 0.3) is 22.2 Å². The maximum Gasteiger partial charge on any atom is 0.408 e. The molecule has 0 bridgehead atoms. The molecule has 0 unspecified atom stereocenters. The molecule has 3 aliphatic rings. The first-order valence-electron chi connectivity index (χ1n) is 19.6. The quantitative estimate of drug-likeness (QED) is 0.116. The van der Waals surface area contributed by atoms with Crippen LogP contribution in [0, 0.1) is 11.3 Å². The van der Waals surface area contributed by atoms with Crippen LogP contribution in [0.3, 0.4) is 0 Å². The first-order valence-corrected chi connectivity index (χ1v) is 21.1. The largest absolute Gasteiger partial charge is 0.497 e. The van der Waals surface area contributed by atoms with E-state index in [1.165, 1.54) is 4.90 Å². The van der Waals surface area contributed by atoms with Crippen LogP contribution in [-0.4, -0.2) is 84.2 Å². The summed E-state index contributed by atoms with van der Waals surface area (Å²) in [7, 11) is -2.28. The molecule has 0 radical (unpaired) electrons. The van der Waals surface area contributed by atoms with Crippen LogP contribution in [-0.2, 0) is 27.9 Å². The highest BCUT2D eigenvalue weighted by Crippen LogP contribution is 2.72. The van der Waals surface area contributed by atoms with E-state index in [0.29, 0.717) is 29.1 Å². The van der Waals surface area contributed by atoms with Crippen molar-refractivity contribution in [2.24, 2.45) is 11.3 Å². The van der Waals surface area contributed by atoms with Gasteiger partial charge in [-0.25, -0.2) is 9.78 Å². The third-order valence-electron chi connectivity index (χ3n) is 10.8. The summed E-state index contributed by atoms with van der Waals surface area (Å²) in [6.07, 6.45) is 4.01. The molecule has 1 saturated heterocycles. The summed E-state index contributed by atoms with van der Waals surface area (Å²) in [6, 6.07) is 15.0. The lowest BCUT2D eigenvalue weighted by Gasteiger charge is -2.36. The number of hydrogen-bond donors (Lipinski definition) is 2. The van der Waals surface area contributed by atoms with Crippen LogP contribution in [0.2, 0.25) is 0 Å². The van der Waals surface area contributed by atoms with Crippen molar-refractivity contribution in [3.05, 3.63) is 67.3 Å². The van der Waals surface area contributed by atoms with Crippen LogP contribution < -0.4 is 20.1 Å². The molecule has 13 nitrogen and oxygen atoms in total. The van der Waals surface area contributed by atoms with E-state index in [9.17, 15) is 18.9 Å². The van der Waals surface area contributed by atoms with Crippen molar-refractivity contribution in [3.63, 3.8) is 0 Å². The van der Waals surface area contributed by atoms with E-state index < -0.39 is 54.4 Å². The fourth-order valence-corrected chi connectivity index (χ4v) is 10.2. The maximum atomic E-state index is 14.8. The van der Waals surface area contributed by atoms with Crippen molar-refractivity contribution in [2.45, 2.75) is 103 Å². The highest BCUT2D eigenvalue weighted by molar-refractivity contribution is 7.56. The van der Waals surface area contributed by atoms with Gasteiger partial charge in [-0.1, -0.05) is 57.2 Å². The Bertz CT molecular complexity index is 1950. The maximum absolute atomic E-state index is 14.8. The SMILES string of the molecule is C=C[C@@H]1C[C@]1(NC(=O)[C@@H]1C[C@@H](Oc2cc(-c3ccccc3)nc3cc(OC)ccc23)CN1C(=O)[C@@H](NC(=O)OC1CCCC1)C(C)(C)C)P(=O)(OCC)OCC. The third kappa shape index (κ3) is 8.60. The lowest BCUT2D eigenvalue weighted by molar-refractivity contribution is -0.142. The van der Waals surface area contributed by atoms with Gasteiger partial charge in [0, 0.05) is 35.4 Å². The molecule has 302 valence electrons. The van der Waals surface area contributed by atoms with Crippen LogP contribution in [0.1, 0.15) is 73.1 Å². The molecule has 2 N–H and O–H groups in total. The summed E-state index contributed by atoms with van der Waals surface area (Å²) in [4.78, 5) is 49.0. The first kappa shape index (κ1) is 41.2. The van der Waals surface area contributed by atoms with E-state index in [4.69, 9.17) is 28.2 Å². The second kappa shape index (κ2) is 17.0. The molecule has 2 aromatic carbocycles. The molecule has 3 fully saturated rings. The predicted octanol–water partition coefficient (Wildman–Crippen LogP) is 7.63. The molecule has 0 spiro atoms. The number of carbonyl (C=O) groups excluding carboxylic acids is 3. The molecule has 56 heavy (non-hydrogen) atoms. The molecule has 1 aromatic heterocycles. The number of hydrogen-bond acceptors (Lipinski definition) is 10. The molecule has 1 aliphatic heterocycles. The molecule has 2 aliphatic carbocycles. The average molecular weight is 791 g/mol. The Kier molecular flexibility index (Phi) is 12.5. The van der Waals surface area contributed by atoms with Crippen molar-refractivity contribution in [1.29, 1.82) is 0 Å². The minimum absolute atomic E-state index is 0.0238. The zero-order chi connectivity index (χ0) is 40.3. The van der Waals surface area contributed by atoms with E-state index in [1.807, 2.05) is 75.4 Å². The summed E-state index contributed by atoms with van der Waals surface area (Å²) in [5, 5.41) is 5.24. The Balaban J connectivity index is 1.35. The molecule has 2 heterocycles. The Hall–Kier alpha value is -4.45. The van der Waals surface area contributed by atoms with E-state index in [1.54, 1.807) is 27.0 Å². The van der Waals surface area contributed by atoms with Crippen molar-refractivity contribution in [3.8, 4) is 22.8 Å². The number of rotatable bonds is 15. The van der Waals surface area contributed by atoms with Crippen LogP contribution in [0.5, 0.6) is 11.5 Å². The van der Waals surface area contributed by atoms with Gasteiger partial charge in [-0.05, 0) is 63.5 Å². The van der Waals surface area contributed by atoms with Gasteiger partial charge < -0.3 is 38.8 Å². The lowest BCUT2D eigenvalue weighted by atomic mass is 9.85. The number of amides is 3. The zero-order valence-electron chi connectivity index (χ0n) is 33.2. The summed E-state index contributed by atoms with van der Waals surface area (Å²) in [5.74, 6) is -0.235. The van der Waals surface area contributed by atoms with Gasteiger partial charge in [-0.2, -0.15) is 0 Å². The normalized spacial score (nSPS) is 23.0. The lowest BCUT2D eigenvalue weighted by Crippen LogP contribution is -2.58. The average Bonchev–Trinajstić information content (AvgIpc) is 3.43. The Morgan fingerprint density at radius 2 is 1.73 bits per heavy atom. The number of ether oxygens (including phenoxy) is 3. The molecule has 3 amide bonds. The zero-order valence-corrected chi connectivity index (χ0v) is 34.1. The van der Waals surface area contributed by atoms with Crippen molar-refractivity contribution in [1.82, 2.24) is 20.5 Å². The van der Waals surface area contributed by atoms with Gasteiger partial charge in [-0.3, -0.25) is 14.2 Å². The Morgan fingerprint density at radius 1 is 1.04 bits per heavy atom. The van der Waals surface area contributed by atoms with Crippen molar-refractivity contribution < 1.29 is 42.2 Å². The second-order valence-electron chi connectivity index (χ2n) is 15.8. The molecule has 3 aromatic rings. The second-order valence-corrected chi connectivity index (χ2v) is 18.1.